The van der Waals surface area contributed by atoms with Crippen LogP contribution >= 0.6 is 11.3 Å². The van der Waals surface area contributed by atoms with Gasteiger partial charge in [0, 0.05) is 18.8 Å². The Morgan fingerprint density at radius 3 is 2.58 bits per heavy atom. The molecular formula is C11H10F3N3OS. The Labute approximate surface area is 111 Å². The number of aromatic nitrogens is 2. The fourth-order valence-electron chi connectivity index (χ4n) is 1.30. The zero-order chi connectivity index (χ0) is 13.9. The van der Waals surface area contributed by atoms with Crippen LogP contribution in [0.4, 0.5) is 18.3 Å². The van der Waals surface area contributed by atoms with Gasteiger partial charge in [-0.05, 0) is 5.56 Å². The van der Waals surface area contributed by atoms with Crippen molar-refractivity contribution in [3.63, 3.8) is 0 Å². The average molecular weight is 289 g/mol. The molecule has 0 amide bonds. The van der Waals surface area contributed by atoms with E-state index in [4.69, 9.17) is 4.74 Å². The van der Waals surface area contributed by atoms with Gasteiger partial charge in [0.2, 0.25) is 5.88 Å². The first kappa shape index (κ1) is 13.6. The molecule has 0 aliphatic rings. The topological polar surface area (TPSA) is 47.0 Å². The third-order valence-electron chi connectivity index (χ3n) is 2.24. The number of hydrogen-bond donors (Lipinski definition) is 1. The lowest BCUT2D eigenvalue weighted by molar-refractivity contribution is -0.134. The van der Waals surface area contributed by atoms with Crippen LogP contribution in [-0.4, -0.2) is 17.1 Å². The van der Waals surface area contributed by atoms with Gasteiger partial charge in [0.15, 0.2) is 5.13 Å². The minimum atomic E-state index is -4.35. The third kappa shape index (κ3) is 3.57. The Bertz CT molecular complexity index is 539. The molecule has 4 nitrogen and oxygen atoms in total. The number of rotatable bonds is 4. The molecule has 0 aromatic carbocycles. The van der Waals surface area contributed by atoms with E-state index in [1.54, 1.807) is 18.3 Å². The van der Waals surface area contributed by atoms with E-state index in [2.05, 4.69) is 15.3 Å². The Kier molecular flexibility index (Phi) is 3.89. The maximum absolute atomic E-state index is 12.4. The second-order valence-corrected chi connectivity index (χ2v) is 4.62. The summed E-state index contributed by atoms with van der Waals surface area (Å²) >= 11 is 0.574. The Hall–Kier alpha value is -1.83. The van der Waals surface area contributed by atoms with Crippen LogP contribution in [0.2, 0.25) is 0 Å². The number of alkyl halides is 3. The summed E-state index contributed by atoms with van der Waals surface area (Å²) in [5.74, 6) is 0.484. The highest BCUT2D eigenvalue weighted by molar-refractivity contribution is 7.15. The number of halogens is 3. The monoisotopic (exact) mass is 289 g/mol. The minimum absolute atomic E-state index is 0.225. The molecular weight excluding hydrogens is 279 g/mol. The summed E-state index contributed by atoms with van der Waals surface area (Å²) in [6, 6.07) is 3.46. The molecule has 0 saturated carbocycles. The molecule has 0 radical (unpaired) electrons. The fourth-order valence-corrected chi connectivity index (χ4v) is 1.98. The molecule has 0 spiro atoms. The SMILES string of the molecule is COc1ccc(CNc2ncc(C(F)(F)F)s2)cn1. The summed E-state index contributed by atoms with van der Waals surface area (Å²) in [6.07, 6.45) is -1.94. The highest BCUT2D eigenvalue weighted by Crippen LogP contribution is 2.35. The number of anilines is 1. The maximum atomic E-state index is 12.4. The molecule has 0 aliphatic heterocycles. The molecule has 2 aromatic heterocycles. The molecule has 0 fully saturated rings. The number of nitrogens with one attached hydrogen (secondary N) is 1. The van der Waals surface area contributed by atoms with Crippen LogP contribution in [0.1, 0.15) is 10.4 Å². The molecule has 2 rings (SSSR count). The van der Waals surface area contributed by atoms with E-state index in [1.165, 1.54) is 7.11 Å². The largest absolute Gasteiger partial charge is 0.481 e. The van der Waals surface area contributed by atoms with E-state index in [9.17, 15) is 13.2 Å². The van der Waals surface area contributed by atoms with Crippen molar-refractivity contribution in [2.75, 3.05) is 12.4 Å². The van der Waals surface area contributed by atoms with Crippen LogP contribution in [-0.2, 0) is 12.7 Å². The summed E-state index contributed by atoms with van der Waals surface area (Å²) < 4.78 is 42.0. The zero-order valence-electron chi connectivity index (χ0n) is 9.86. The quantitative estimate of drug-likeness (QED) is 0.939. The summed E-state index contributed by atoms with van der Waals surface area (Å²) in [7, 11) is 1.51. The van der Waals surface area contributed by atoms with Gasteiger partial charge in [-0.1, -0.05) is 17.4 Å². The van der Waals surface area contributed by atoms with Gasteiger partial charge in [-0.2, -0.15) is 13.2 Å². The molecule has 1 N–H and O–H groups in total. The lowest BCUT2D eigenvalue weighted by Crippen LogP contribution is -2.01. The molecule has 8 heteroatoms. The molecule has 0 unspecified atom stereocenters. The first-order chi connectivity index (χ1) is 8.99. The predicted octanol–water partition coefficient (Wildman–Crippen LogP) is 3.18. The molecule has 0 atom stereocenters. The van der Waals surface area contributed by atoms with Gasteiger partial charge in [0.25, 0.3) is 0 Å². The van der Waals surface area contributed by atoms with Gasteiger partial charge in [-0.15, -0.1) is 0 Å². The zero-order valence-corrected chi connectivity index (χ0v) is 10.7. The van der Waals surface area contributed by atoms with Gasteiger partial charge < -0.3 is 10.1 Å². The third-order valence-corrected chi connectivity index (χ3v) is 3.24. The van der Waals surface area contributed by atoms with Crippen molar-refractivity contribution in [3.05, 3.63) is 35.0 Å². The number of nitrogens with zero attached hydrogens (tertiary/aromatic N) is 2. The van der Waals surface area contributed by atoms with Gasteiger partial charge in [0.1, 0.15) is 4.88 Å². The molecule has 2 heterocycles. The Morgan fingerprint density at radius 1 is 1.26 bits per heavy atom. The number of ether oxygens (including phenoxy) is 1. The highest BCUT2D eigenvalue weighted by atomic mass is 32.1. The summed E-state index contributed by atoms with van der Waals surface area (Å²) in [5, 5.41) is 3.04. The minimum Gasteiger partial charge on any atom is -0.481 e. The fraction of sp³-hybridized carbons (Fsp3) is 0.273. The van der Waals surface area contributed by atoms with Crippen molar-refractivity contribution in [3.8, 4) is 5.88 Å². The molecule has 2 aromatic rings. The lowest BCUT2D eigenvalue weighted by atomic mass is 10.3. The van der Waals surface area contributed by atoms with Crippen molar-refractivity contribution in [1.82, 2.24) is 9.97 Å². The van der Waals surface area contributed by atoms with Gasteiger partial charge in [0.05, 0.1) is 13.3 Å². The van der Waals surface area contributed by atoms with E-state index in [0.717, 1.165) is 11.8 Å². The summed E-state index contributed by atoms with van der Waals surface area (Å²) in [6.45, 7) is 0.349. The summed E-state index contributed by atoms with van der Waals surface area (Å²) in [5.41, 5.74) is 0.824. The van der Waals surface area contributed by atoms with E-state index < -0.39 is 11.1 Å². The van der Waals surface area contributed by atoms with E-state index in [1.807, 2.05) is 0 Å². The second-order valence-electron chi connectivity index (χ2n) is 3.59. The summed E-state index contributed by atoms with van der Waals surface area (Å²) in [4.78, 5) is 6.95. The average Bonchev–Trinajstić information content (AvgIpc) is 2.86. The first-order valence-electron chi connectivity index (χ1n) is 5.25. The van der Waals surface area contributed by atoms with Gasteiger partial charge in [-0.25, -0.2) is 9.97 Å². The maximum Gasteiger partial charge on any atom is 0.427 e. The molecule has 102 valence electrons. The van der Waals surface area contributed by atoms with Crippen LogP contribution in [0.15, 0.2) is 24.5 Å². The van der Waals surface area contributed by atoms with E-state index in [-0.39, 0.29) is 5.13 Å². The van der Waals surface area contributed by atoms with Gasteiger partial charge >= 0.3 is 6.18 Å². The van der Waals surface area contributed by atoms with E-state index >= 15 is 0 Å². The number of thiazole rings is 1. The second kappa shape index (κ2) is 5.43. The highest BCUT2D eigenvalue weighted by Gasteiger charge is 2.33. The lowest BCUT2D eigenvalue weighted by Gasteiger charge is -2.04. The number of pyridine rings is 1. The van der Waals surface area contributed by atoms with E-state index in [0.29, 0.717) is 23.8 Å². The van der Waals surface area contributed by atoms with Crippen molar-refractivity contribution in [2.45, 2.75) is 12.7 Å². The van der Waals surface area contributed by atoms with Crippen molar-refractivity contribution < 1.29 is 17.9 Å². The van der Waals surface area contributed by atoms with Gasteiger partial charge in [-0.3, -0.25) is 0 Å². The van der Waals surface area contributed by atoms with Crippen LogP contribution in [0.25, 0.3) is 0 Å². The molecule has 19 heavy (non-hydrogen) atoms. The molecule has 0 bridgehead atoms. The number of hydrogen-bond acceptors (Lipinski definition) is 5. The van der Waals surface area contributed by atoms with Crippen molar-refractivity contribution >= 4 is 16.5 Å². The smallest absolute Gasteiger partial charge is 0.427 e. The Morgan fingerprint density at radius 2 is 2.05 bits per heavy atom. The first-order valence-corrected chi connectivity index (χ1v) is 6.06. The van der Waals surface area contributed by atoms with Crippen molar-refractivity contribution in [1.29, 1.82) is 0 Å². The normalized spacial score (nSPS) is 11.4. The predicted molar refractivity (Wildman–Crippen MR) is 65.2 cm³/mol. The van der Waals surface area contributed by atoms with Crippen LogP contribution in [0, 0.1) is 0 Å². The van der Waals surface area contributed by atoms with Crippen molar-refractivity contribution in [2.24, 2.45) is 0 Å². The molecule has 0 saturated heterocycles. The van der Waals surface area contributed by atoms with Crippen LogP contribution in [0.5, 0.6) is 5.88 Å². The van der Waals surface area contributed by atoms with Crippen LogP contribution < -0.4 is 10.1 Å². The molecule has 0 aliphatic carbocycles. The van der Waals surface area contributed by atoms with Crippen LogP contribution in [0.3, 0.4) is 0 Å². The number of methoxy groups -OCH3 is 1. The standard InChI is InChI=1S/C11H10F3N3OS/c1-18-9-3-2-7(4-15-9)5-16-10-17-6-8(19-10)11(12,13)14/h2-4,6H,5H2,1H3,(H,16,17). The Balaban J connectivity index is 1.96.